The van der Waals surface area contributed by atoms with Crippen molar-refractivity contribution in [2.24, 2.45) is 5.92 Å². The third kappa shape index (κ3) is 3.97. The molecule has 1 aromatic rings. The van der Waals surface area contributed by atoms with Gasteiger partial charge in [0.25, 0.3) is 5.91 Å². The molecule has 1 aliphatic rings. The van der Waals surface area contributed by atoms with Gasteiger partial charge in [-0.15, -0.1) is 0 Å². The van der Waals surface area contributed by atoms with Gasteiger partial charge in [-0.3, -0.25) is 4.79 Å². The van der Waals surface area contributed by atoms with Crippen LogP contribution in [0.4, 0.5) is 5.69 Å². The van der Waals surface area contributed by atoms with Crippen LogP contribution < -0.4 is 10.6 Å². The molecule has 1 atom stereocenters. The van der Waals surface area contributed by atoms with E-state index in [9.17, 15) is 4.79 Å². The molecule has 0 bridgehead atoms. The predicted molar refractivity (Wildman–Crippen MR) is 87.9 cm³/mol. The third-order valence-corrected chi connectivity index (χ3v) is 4.29. The second-order valence-electron chi connectivity index (χ2n) is 6.25. The number of hydrogen-bond donors (Lipinski definition) is 2. The number of carbonyl (C=O) groups excluding carboxylic acids is 1. The molecular weight excluding hydrogens is 262 g/mol. The molecule has 1 aromatic carbocycles. The standard InChI is InChI=1S/C17H27N3O/c1-12(2)20-8-7-14(11-20)10-19-17(21)15-6-5-13(3)9-16(15)18-4/h5-6,9,12,14,18H,7-8,10-11H2,1-4H3,(H,19,21). The smallest absolute Gasteiger partial charge is 0.253 e. The summed E-state index contributed by atoms with van der Waals surface area (Å²) >= 11 is 0. The van der Waals surface area contributed by atoms with Crippen molar-refractivity contribution in [3.63, 3.8) is 0 Å². The van der Waals surface area contributed by atoms with Crippen LogP contribution in [0.3, 0.4) is 0 Å². The van der Waals surface area contributed by atoms with Crippen LogP contribution in [0.2, 0.25) is 0 Å². The molecule has 21 heavy (non-hydrogen) atoms. The summed E-state index contributed by atoms with van der Waals surface area (Å²) in [4.78, 5) is 14.8. The first-order chi connectivity index (χ1) is 10.0. The summed E-state index contributed by atoms with van der Waals surface area (Å²) in [5.41, 5.74) is 2.77. The van der Waals surface area contributed by atoms with Gasteiger partial charge in [0.2, 0.25) is 0 Å². The molecule has 4 nitrogen and oxygen atoms in total. The Labute approximate surface area is 127 Å². The van der Waals surface area contributed by atoms with E-state index in [2.05, 4.69) is 29.4 Å². The summed E-state index contributed by atoms with van der Waals surface area (Å²) in [7, 11) is 1.85. The van der Waals surface area contributed by atoms with E-state index in [0.717, 1.165) is 36.4 Å². The molecule has 0 radical (unpaired) electrons. The summed E-state index contributed by atoms with van der Waals surface area (Å²) in [6.07, 6.45) is 1.17. The van der Waals surface area contributed by atoms with E-state index in [1.807, 2.05) is 32.2 Å². The molecule has 1 heterocycles. The molecule has 1 aliphatic heterocycles. The maximum absolute atomic E-state index is 12.3. The van der Waals surface area contributed by atoms with Crippen LogP contribution in [-0.2, 0) is 0 Å². The lowest BCUT2D eigenvalue weighted by molar-refractivity contribution is 0.0948. The van der Waals surface area contributed by atoms with Gasteiger partial charge in [-0.2, -0.15) is 0 Å². The third-order valence-electron chi connectivity index (χ3n) is 4.29. The molecule has 0 aliphatic carbocycles. The summed E-state index contributed by atoms with van der Waals surface area (Å²) < 4.78 is 0. The molecule has 0 saturated carbocycles. The molecule has 1 saturated heterocycles. The zero-order chi connectivity index (χ0) is 15.4. The summed E-state index contributed by atoms with van der Waals surface area (Å²) in [5.74, 6) is 0.585. The van der Waals surface area contributed by atoms with Crippen LogP contribution in [0.15, 0.2) is 18.2 Å². The van der Waals surface area contributed by atoms with E-state index in [1.54, 1.807) is 0 Å². The monoisotopic (exact) mass is 289 g/mol. The van der Waals surface area contributed by atoms with E-state index in [-0.39, 0.29) is 5.91 Å². The first kappa shape index (κ1) is 15.8. The van der Waals surface area contributed by atoms with Crippen molar-refractivity contribution in [3.05, 3.63) is 29.3 Å². The molecule has 1 unspecified atom stereocenters. The number of likely N-dealkylation sites (tertiary alicyclic amines) is 1. The minimum Gasteiger partial charge on any atom is -0.387 e. The fraction of sp³-hybridized carbons (Fsp3) is 0.588. The van der Waals surface area contributed by atoms with Gasteiger partial charge >= 0.3 is 0 Å². The highest BCUT2D eigenvalue weighted by Crippen LogP contribution is 2.19. The second kappa shape index (κ2) is 6.94. The molecule has 1 fully saturated rings. The summed E-state index contributed by atoms with van der Waals surface area (Å²) in [6, 6.07) is 6.47. The second-order valence-corrected chi connectivity index (χ2v) is 6.25. The molecule has 2 rings (SSSR count). The number of nitrogens with one attached hydrogen (secondary N) is 2. The molecular formula is C17H27N3O. The topological polar surface area (TPSA) is 44.4 Å². The lowest BCUT2D eigenvalue weighted by Gasteiger charge is -2.20. The first-order valence-corrected chi connectivity index (χ1v) is 7.82. The number of amides is 1. The van der Waals surface area contributed by atoms with Gasteiger partial charge in [0.05, 0.1) is 5.56 Å². The fourth-order valence-electron chi connectivity index (χ4n) is 2.89. The van der Waals surface area contributed by atoms with Crippen LogP contribution in [0.5, 0.6) is 0 Å². The molecule has 4 heteroatoms. The van der Waals surface area contributed by atoms with Crippen molar-refractivity contribution in [1.82, 2.24) is 10.2 Å². The van der Waals surface area contributed by atoms with Crippen molar-refractivity contribution in [2.75, 3.05) is 32.0 Å². The van der Waals surface area contributed by atoms with Gasteiger partial charge in [0, 0.05) is 31.9 Å². The van der Waals surface area contributed by atoms with Crippen LogP contribution in [0, 0.1) is 12.8 Å². The van der Waals surface area contributed by atoms with Gasteiger partial charge in [0.1, 0.15) is 0 Å². The minimum atomic E-state index is 0.0161. The van der Waals surface area contributed by atoms with Gasteiger partial charge in [0.15, 0.2) is 0 Å². The number of anilines is 1. The highest BCUT2D eigenvalue weighted by atomic mass is 16.1. The van der Waals surface area contributed by atoms with Crippen LogP contribution in [0.25, 0.3) is 0 Å². The van der Waals surface area contributed by atoms with Crippen molar-refractivity contribution in [2.45, 2.75) is 33.2 Å². The first-order valence-electron chi connectivity index (χ1n) is 7.82. The van der Waals surface area contributed by atoms with Crippen molar-refractivity contribution < 1.29 is 4.79 Å². The Hall–Kier alpha value is -1.55. The molecule has 0 aromatic heterocycles. The molecule has 1 amide bonds. The maximum atomic E-state index is 12.3. The fourth-order valence-corrected chi connectivity index (χ4v) is 2.89. The van der Waals surface area contributed by atoms with E-state index >= 15 is 0 Å². The summed E-state index contributed by atoms with van der Waals surface area (Å²) in [6.45, 7) is 9.48. The predicted octanol–water partition coefficient (Wildman–Crippen LogP) is 2.50. The average Bonchev–Trinajstić information content (AvgIpc) is 2.93. The van der Waals surface area contributed by atoms with Crippen molar-refractivity contribution in [1.29, 1.82) is 0 Å². The van der Waals surface area contributed by atoms with Gasteiger partial charge in [-0.1, -0.05) is 6.07 Å². The Bertz CT molecular complexity index is 499. The molecule has 2 N–H and O–H groups in total. The zero-order valence-corrected chi connectivity index (χ0v) is 13.6. The quantitative estimate of drug-likeness (QED) is 0.875. The van der Waals surface area contributed by atoms with Gasteiger partial charge in [-0.05, 0) is 57.4 Å². The van der Waals surface area contributed by atoms with Crippen LogP contribution in [0.1, 0.15) is 36.2 Å². The summed E-state index contributed by atoms with van der Waals surface area (Å²) in [5, 5.41) is 6.19. The number of nitrogens with zero attached hydrogens (tertiary/aromatic N) is 1. The minimum absolute atomic E-state index is 0.0161. The average molecular weight is 289 g/mol. The van der Waals surface area contributed by atoms with E-state index in [1.165, 1.54) is 6.42 Å². The lowest BCUT2D eigenvalue weighted by Crippen LogP contribution is -2.33. The van der Waals surface area contributed by atoms with E-state index < -0.39 is 0 Å². The van der Waals surface area contributed by atoms with Crippen LogP contribution >= 0.6 is 0 Å². The van der Waals surface area contributed by atoms with E-state index in [0.29, 0.717) is 12.0 Å². The van der Waals surface area contributed by atoms with Gasteiger partial charge < -0.3 is 15.5 Å². The number of carbonyl (C=O) groups is 1. The Balaban J connectivity index is 1.91. The normalized spacial score (nSPS) is 19.0. The Kier molecular flexibility index (Phi) is 5.23. The van der Waals surface area contributed by atoms with Crippen molar-refractivity contribution >= 4 is 11.6 Å². The largest absolute Gasteiger partial charge is 0.387 e. The maximum Gasteiger partial charge on any atom is 0.253 e. The highest BCUT2D eigenvalue weighted by Gasteiger charge is 2.24. The Morgan fingerprint density at radius 2 is 2.19 bits per heavy atom. The SMILES string of the molecule is CNc1cc(C)ccc1C(=O)NCC1CCN(C(C)C)C1. The van der Waals surface area contributed by atoms with E-state index in [4.69, 9.17) is 0 Å². The number of rotatable bonds is 5. The Morgan fingerprint density at radius 3 is 2.81 bits per heavy atom. The highest BCUT2D eigenvalue weighted by molar-refractivity contribution is 5.99. The number of aryl methyl sites for hydroxylation is 1. The zero-order valence-electron chi connectivity index (χ0n) is 13.6. The Morgan fingerprint density at radius 1 is 1.43 bits per heavy atom. The van der Waals surface area contributed by atoms with Gasteiger partial charge in [-0.25, -0.2) is 0 Å². The molecule has 116 valence electrons. The van der Waals surface area contributed by atoms with Crippen molar-refractivity contribution in [3.8, 4) is 0 Å². The number of benzene rings is 1. The van der Waals surface area contributed by atoms with Crippen LogP contribution in [-0.4, -0.2) is 43.5 Å². The molecule has 0 spiro atoms. The number of hydrogen-bond acceptors (Lipinski definition) is 3. The lowest BCUT2D eigenvalue weighted by atomic mass is 10.1.